The summed E-state index contributed by atoms with van der Waals surface area (Å²) in [6.07, 6.45) is 31.9. The van der Waals surface area contributed by atoms with Gasteiger partial charge in [-0.15, -0.1) is 0 Å². The lowest BCUT2D eigenvalue weighted by Gasteiger charge is -2.30. The first-order valence-corrected chi connectivity index (χ1v) is 17.5. The third-order valence-electron chi connectivity index (χ3n) is 6.14. The fourth-order valence-electron chi connectivity index (χ4n) is 3.38. The van der Waals surface area contributed by atoms with E-state index >= 15 is 0 Å². The minimum atomic E-state index is -0.941. The normalized spacial score (nSPS) is 14.2. The molecule has 0 rings (SSSR count). The largest absolute Gasteiger partial charge is 0.394 e. The van der Waals surface area contributed by atoms with Gasteiger partial charge in [-0.3, -0.25) is 14.4 Å². The molecule has 248 valence electrons. The summed E-state index contributed by atoms with van der Waals surface area (Å²) < 4.78 is -0.744. The Bertz CT molecular complexity index is 989. The summed E-state index contributed by atoms with van der Waals surface area (Å²) >= 11 is 0. The molecule has 0 heterocycles. The molecular weight excluding hydrogens is 597 g/mol. The number of allylic oxidation sites excluding steroid dienone is 12. The summed E-state index contributed by atoms with van der Waals surface area (Å²) in [7, 11) is 2.57. The Labute approximate surface area is 272 Å². The van der Waals surface area contributed by atoms with Gasteiger partial charge in [0.15, 0.2) is 0 Å². The highest BCUT2D eigenvalue weighted by molar-refractivity contribution is 8.77. The molecule has 2 unspecified atom stereocenters. The predicted octanol–water partition coefficient (Wildman–Crippen LogP) is 4.39. The SMILES string of the molecule is CC/C=C\C/C=C\C/C=C\C/C=C\C/C=C\C/C=C\CCC(=O)NC(CSSC(C)(C)C(N)C(=O)NC(CO)CO)C(N)=O. The highest BCUT2D eigenvalue weighted by atomic mass is 33.1. The van der Waals surface area contributed by atoms with E-state index in [0.29, 0.717) is 6.42 Å². The monoisotopic (exact) mass is 650 g/mol. The molecule has 11 heteroatoms. The van der Waals surface area contributed by atoms with Crippen LogP contribution in [0.3, 0.4) is 0 Å². The fourth-order valence-corrected chi connectivity index (χ4v) is 6.18. The van der Waals surface area contributed by atoms with Gasteiger partial charge in [-0.05, 0) is 58.8 Å². The van der Waals surface area contributed by atoms with Gasteiger partial charge in [0.2, 0.25) is 17.7 Å². The lowest BCUT2D eigenvalue weighted by atomic mass is 10.0. The van der Waals surface area contributed by atoms with Crippen LogP contribution in [-0.2, 0) is 14.4 Å². The van der Waals surface area contributed by atoms with Crippen LogP contribution in [0.5, 0.6) is 0 Å². The second-order valence-electron chi connectivity index (χ2n) is 10.5. The molecule has 0 bridgehead atoms. The number of aliphatic hydroxyl groups excluding tert-OH is 2. The molecule has 2 atom stereocenters. The summed E-state index contributed by atoms with van der Waals surface area (Å²) in [5.74, 6) is -1.22. The van der Waals surface area contributed by atoms with Gasteiger partial charge in [-0.2, -0.15) is 0 Å². The van der Waals surface area contributed by atoms with Crippen LogP contribution in [0.1, 0.15) is 72.1 Å². The van der Waals surface area contributed by atoms with Crippen molar-refractivity contribution in [3.8, 4) is 0 Å². The number of carbonyl (C=O) groups excluding carboxylic acids is 3. The second-order valence-corrected chi connectivity index (χ2v) is 13.5. The van der Waals surface area contributed by atoms with Gasteiger partial charge in [0, 0.05) is 16.9 Å². The number of nitrogens with two attached hydrogens (primary N) is 2. The molecular formula is C33H54N4O5S2. The zero-order chi connectivity index (χ0) is 33.1. The van der Waals surface area contributed by atoms with Crippen molar-refractivity contribution in [3.05, 3.63) is 72.9 Å². The van der Waals surface area contributed by atoms with Crippen molar-refractivity contribution in [1.29, 1.82) is 0 Å². The Morgan fingerprint density at radius 3 is 1.66 bits per heavy atom. The Morgan fingerprint density at radius 1 is 0.773 bits per heavy atom. The molecule has 44 heavy (non-hydrogen) atoms. The molecule has 8 N–H and O–H groups in total. The van der Waals surface area contributed by atoms with Gasteiger partial charge in [-0.25, -0.2) is 0 Å². The van der Waals surface area contributed by atoms with E-state index in [4.69, 9.17) is 21.7 Å². The molecule has 0 radical (unpaired) electrons. The lowest BCUT2D eigenvalue weighted by Crippen LogP contribution is -2.55. The average molecular weight is 651 g/mol. The molecule has 0 saturated carbocycles. The van der Waals surface area contributed by atoms with Crippen LogP contribution in [0.15, 0.2) is 72.9 Å². The molecule has 0 aromatic heterocycles. The minimum Gasteiger partial charge on any atom is -0.394 e. The summed E-state index contributed by atoms with van der Waals surface area (Å²) in [4.78, 5) is 36.6. The maximum absolute atomic E-state index is 12.3. The molecule has 9 nitrogen and oxygen atoms in total. The van der Waals surface area contributed by atoms with Crippen LogP contribution in [0.2, 0.25) is 0 Å². The number of aliphatic hydroxyl groups is 2. The Balaban J connectivity index is 4.24. The van der Waals surface area contributed by atoms with Gasteiger partial charge in [0.25, 0.3) is 0 Å². The Kier molecular flexibility index (Phi) is 25.2. The Morgan fingerprint density at radius 2 is 1.23 bits per heavy atom. The number of nitrogens with one attached hydrogen (secondary N) is 2. The van der Waals surface area contributed by atoms with Gasteiger partial charge in [0.1, 0.15) is 6.04 Å². The standard InChI is InChI=1S/C33H54N4O5S2/c1-4-5-6-7-8-9-10-11-12-13-14-15-16-17-18-19-20-21-22-23-29(40)37-28(31(35)41)26-43-44-33(2,3)30(34)32(42)36-27(24-38)25-39/h5-6,8-9,11-12,14-15,17-18,20-21,27-28,30,38-39H,4,7,10,13,16,19,22-26,34H2,1-3H3,(H2,35,41)(H,36,42)(H,37,40)/b6-5-,9-8-,12-11-,15-14-,18-17-,21-20-. The quantitative estimate of drug-likeness (QED) is 0.0625. The van der Waals surface area contributed by atoms with E-state index in [1.807, 2.05) is 12.2 Å². The van der Waals surface area contributed by atoms with Crippen molar-refractivity contribution < 1.29 is 24.6 Å². The zero-order valence-corrected chi connectivity index (χ0v) is 28.2. The van der Waals surface area contributed by atoms with E-state index < -0.39 is 47.9 Å². The van der Waals surface area contributed by atoms with E-state index in [1.54, 1.807) is 13.8 Å². The number of hydrogen-bond donors (Lipinski definition) is 6. The smallest absolute Gasteiger partial charge is 0.240 e. The van der Waals surface area contributed by atoms with E-state index in [0.717, 1.165) is 38.5 Å². The number of hydrogen-bond acceptors (Lipinski definition) is 8. The number of carbonyl (C=O) groups is 3. The van der Waals surface area contributed by atoms with Crippen molar-refractivity contribution in [2.45, 2.75) is 95.0 Å². The first-order chi connectivity index (χ1) is 21.1. The minimum absolute atomic E-state index is 0.208. The zero-order valence-electron chi connectivity index (χ0n) is 26.5. The third-order valence-corrected chi connectivity index (χ3v) is 9.46. The first kappa shape index (κ1) is 41.4. The molecule has 3 amide bonds. The predicted molar refractivity (Wildman–Crippen MR) is 187 cm³/mol. The van der Waals surface area contributed by atoms with Gasteiger partial charge in [-0.1, -0.05) is 101 Å². The molecule has 0 spiro atoms. The average Bonchev–Trinajstić information content (AvgIpc) is 2.99. The van der Waals surface area contributed by atoms with Crippen LogP contribution in [-0.4, -0.2) is 69.8 Å². The summed E-state index contributed by atoms with van der Waals surface area (Å²) in [5, 5.41) is 23.5. The number of primary amides is 1. The third kappa shape index (κ3) is 22.0. The maximum atomic E-state index is 12.3. The van der Waals surface area contributed by atoms with E-state index in [2.05, 4.69) is 78.3 Å². The maximum Gasteiger partial charge on any atom is 0.240 e. The highest BCUT2D eigenvalue weighted by Gasteiger charge is 2.34. The molecule has 0 saturated heterocycles. The highest BCUT2D eigenvalue weighted by Crippen LogP contribution is 2.38. The molecule has 0 aliphatic carbocycles. The number of amides is 3. The van der Waals surface area contributed by atoms with Crippen LogP contribution >= 0.6 is 21.6 Å². The van der Waals surface area contributed by atoms with Gasteiger partial charge in [0.05, 0.1) is 25.3 Å². The van der Waals surface area contributed by atoms with Gasteiger partial charge >= 0.3 is 0 Å². The van der Waals surface area contributed by atoms with Crippen LogP contribution in [0.4, 0.5) is 0 Å². The van der Waals surface area contributed by atoms with Crippen molar-refractivity contribution in [2.24, 2.45) is 11.5 Å². The van der Waals surface area contributed by atoms with Crippen molar-refractivity contribution in [2.75, 3.05) is 19.0 Å². The molecule has 0 aliphatic rings. The fraction of sp³-hybridized carbons (Fsp3) is 0.545. The van der Waals surface area contributed by atoms with E-state index in [9.17, 15) is 14.4 Å². The van der Waals surface area contributed by atoms with Crippen LogP contribution < -0.4 is 22.1 Å². The van der Waals surface area contributed by atoms with E-state index in [-0.39, 0.29) is 18.1 Å². The van der Waals surface area contributed by atoms with Crippen LogP contribution in [0, 0.1) is 0 Å². The van der Waals surface area contributed by atoms with Crippen LogP contribution in [0.25, 0.3) is 0 Å². The summed E-state index contributed by atoms with van der Waals surface area (Å²) in [6, 6.07) is -2.59. The van der Waals surface area contributed by atoms with Gasteiger partial charge < -0.3 is 32.3 Å². The first-order valence-electron chi connectivity index (χ1n) is 15.2. The van der Waals surface area contributed by atoms with Crippen molar-refractivity contribution in [3.63, 3.8) is 0 Å². The van der Waals surface area contributed by atoms with Crippen molar-refractivity contribution >= 4 is 39.3 Å². The number of rotatable bonds is 25. The molecule has 0 aromatic carbocycles. The van der Waals surface area contributed by atoms with E-state index in [1.165, 1.54) is 21.6 Å². The molecule has 0 aliphatic heterocycles. The van der Waals surface area contributed by atoms with Crippen molar-refractivity contribution in [1.82, 2.24) is 10.6 Å². The second kappa shape index (κ2) is 26.8. The topological polar surface area (TPSA) is 168 Å². The Hall–Kier alpha value is -2.57. The molecule has 0 fully saturated rings. The molecule has 0 aromatic rings. The summed E-state index contributed by atoms with van der Waals surface area (Å²) in [5.41, 5.74) is 11.6. The summed E-state index contributed by atoms with van der Waals surface area (Å²) in [6.45, 7) is 4.86. The lowest BCUT2D eigenvalue weighted by molar-refractivity contribution is -0.126.